The summed E-state index contributed by atoms with van der Waals surface area (Å²) >= 11 is 3.38. The maximum Gasteiger partial charge on any atom is 0.253 e. The Balaban J connectivity index is 2.10. The van der Waals surface area contributed by atoms with Crippen molar-refractivity contribution in [1.29, 1.82) is 5.26 Å². The van der Waals surface area contributed by atoms with Crippen LogP contribution in [0.1, 0.15) is 49.4 Å². The quantitative estimate of drug-likeness (QED) is 0.906. The average Bonchev–Trinajstić information content (AvgIpc) is 2.48. The molecule has 0 aliphatic heterocycles. The first kappa shape index (κ1) is 15.1. The van der Waals surface area contributed by atoms with Gasteiger partial charge in [-0.25, -0.2) is 0 Å². The van der Waals surface area contributed by atoms with E-state index in [0.717, 1.165) is 36.6 Å². The van der Waals surface area contributed by atoms with Crippen molar-refractivity contribution in [2.24, 2.45) is 5.92 Å². The molecule has 0 saturated heterocycles. The van der Waals surface area contributed by atoms with Crippen LogP contribution in [-0.4, -0.2) is 11.4 Å². The molecule has 1 fully saturated rings. The third-order valence-corrected chi connectivity index (χ3v) is 4.91. The monoisotopic (exact) mass is 334 g/mol. The molecule has 1 aromatic rings. The Labute approximate surface area is 128 Å². The van der Waals surface area contributed by atoms with Crippen molar-refractivity contribution in [2.75, 3.05) is 0 Å². The average molecular weight is 335 g/mol. The van der Waals surface area contributed by atoms with Crippen LogP contribution in [0.2, 0.25) is 0 Å². The number of hydrogen-bond acceptors (Lipinski definition) is 2. The second kappa shape index (κ2) is 6.41. The Bertz CT molecular complexity index is 528. The van der Waals surface area contributed by atoms with Gasteiger partial charge in [-0.1, -0.05) is 25.5 Å². The number of carbonyl (C=O) groups excluding carboxylic acids is 1. The Morgan fingerprint density at radius 2 is 2.10 bits per heavy atom. The number of nitrogens with zero attached hydrogens (tertiary/aromatic N) is 1. The fourth-order valence-corrected chi connectivity index (χ4v) is 3.24. The predicted octanol–water partition coefficient (Wildman–Crippen LogP) is 4.04. The summed E-state index contributed by atoms with van der Waals surface area (Å²) in [6.07, 6.45) is 4.68. The van der Waals surface area contributed by atoms with Crippen molar-refractivity contribution in [2.45, 2.75) is 44.6 Å². The van der Waals surface area contributed by atoms with Gasteiger partial charge in [0.1, 0.15) is 5.54 Å². The van der Waals surface area contributed by atoms with E-state index in [4.69, 9.17) is 0 Å². The Morgan fingerprint density at radius 1 is 1.45 bits per heavy atom. The summed E-state index contributed by atoms with van der Waals surface area (Å²) in [5, 5.41) is 12.4. The minimum Gasteiger partial charge on any atom is -0.334 e. The fraction of sp³-hybridized carbons (Fsp3) is 0.500. The molecule has 0 atom stereocenters. The number of halogens is 1. The van der Waals surface area contributed by atoms with Crippen LogP contribution in [0.5, 0.6) is 0 Å². The normalized spacial score (nSPS) is 25.8. The van der Waals surface area contributed by atoms with Gasteiger partial charge in [-0.15, -0.1) is 0 Å². The molecule has 1 aliphatic carbocycles. The summed E-state index contributed by atoms with van der Waals surface area (Å²) in [7, 11) is 0. The third kappa shape index (κ3) is 3.21. The number of carbonyl (C=O) groups is 1. The van der Waals surface area contributed by atoms with E-state index in [9.17, 15) is 10.1 Å². The lowest BCUT2D eigenvalue weighted by Gasteiger charge is -2.35. The molecule has 3 nitrogen and oxygen atoms in total. The van der Waals surface area contributed by atoms with Gasteiger partial charge in [0, 0.05) is 4.47 Å². The molecule has 0 spiro atoms. The third-order valence-electron chi connectivity index (χ3n) is 4.22. The first-order chi connectivity index (χ1) is 9.60. The molecule has 20 heavy (non-hydrogen) atoms. The van der Waals surface area contributed by atoms with E-state index in [1.165, 1.54) is 0 Å². The van der Waals surface area contributed by atoms with E-state index in [1.807, 2.05) is 18.2 Å². The van der Waals surface area contributed by atoms with Gasteiger partial charge >= 0.3 is 0 Å². The highest BCUT2D eigenvalue weighted by Gasteiger charge is 2.36. The van der Waals surface area contributed by atoms with Crippen LogP contribution in [0.3, 0.4) is 0 Å². The number of amides is 1. The van der Waals surface area contributed by atoms with Crippen molar-refractivity contribution in [3.8, 4) is 6.07 Å². The minimum absolute atomic E-state index is 0.172. The van der Waals surface area contributed by atoms with Crippen LogP contribution >= 0.6 is 15.9 Å². The molecule has 1 N–H and O–H groups in total. The van der Waals surface area contributed by atoms with Gasteiger partial charge in [0.25, 0.3) is 5.91 Å². The first-order valence-electron chi connectivity index (χ1n) is 7.08. The van der Waals surface area contributed by atoms with Crippen LogP contribution in [0, 0.1) is 17.2 Å². The molecule has 1 aromatic carbocycles. The molecule has 106 valence electrons. The van der Waals surface area contributed by atoms with Crippen molar-refractivity contribution < 1.29 is 4.79 Å². The van der Waals surface area contributed by atoms with E-state index < -0.39 is 5.54 Å². The Kier molecular flexibility index (Phi) is 4.82. The molecule has 2 rings (SSSR count). The smallest absolute Gasteiger partial charge is 0.253 e. The molecule has 1 aliphatic rings. The molecule has 1 amide bonds. The van der Waals surface area contributed by atoms with E-state index in [1.54, 1.807) is 6.07 Å². The SMILES string of the molecule is CCC1CCC(C#N)(NC(=O)c2ccccc2Br)CC1. The summed E-state index contributed by atoms with van der Waals surface area (Å²) in [5.41, 5.74) is -0.113. The Morgan fingerprint density at radius 3 is 2.65 bits per heavy atom. The van der Waals surface area contributed by atoms with Crippen molar-refractivity contribution >= 4 is 21.8 Å². The number of nitrogens with one attached hydrogen (secondary N) is 1. The predicted molar refractivity (Wildman–Crippen MR) is 82.2 cm³/mol. The maximum absolute atomic E-state index is 12.4. The van der Waals surface area contributed by atoms with E-state index in [2.05, 4.69) is 34.2 Å². The number of rotatable bonds is 3. The van der Waals surface area contributed by atoms with E-state index in [0.29, 0.717) is 11.5 Å². The fourth-order valence-electron chi connectivity index (χ4n) is 2.77. The van der Waals surface area contributed by atoms with Gasteiger partial charge < -0.3 is 5.32 Å². The first-order valence-corrected chi connectivity index (χ1v) is 7.88. The minimum atomic E-state index is -0.696. The molecule has 0 bridgehead atoms. The van der Waals surface area contributed by atoms with Crippen LogP contribution in [0.15, 0.2) is 28.7 Å². The lowest BCUT2D eigenvalue weighted by atomic mass is 9.76. The van der Waals surface area contributed by atoms with E-state index >= 15 is 0 Å². The van der Waals surface area contributed by atoms with Crippen molar-refractivity contribution in [1.82, 2.24) is 5.32 Å². The van der Waals surface area contributed by atoms with Crippen molar-refractivity contribution in [3.05, 3.63) is 34.3 Å². The highest BCUT2D eigenvalue weighted by molar-refractivity contribution is 9.10. The van der Waals surface area contributed by atoms with Crippen molar-refractivity contribution in [3.63, 3.8) is 0 Å². The summed E-state index contributed by atoms with van der Waals surface area (Å²) in [4.78, 5) is 12.4. The summed E-state index contributed by atoms with van der Waals surface area (Å²) in [6, 6.07) is 9.63. The van der Waals surface area contributed by atoms with Gasteiger partial charge in [-0.2, -0.15) is 5.26 Å². The molecule has 0 heterocycles. The molecule has 0 aromatic heterocycles. The lowest BCUT2D eigenvalue weighted by molar-refractivity contribution is 0.0890. The second-order valence-electron chi connectivity index (χ2n) is 5.48. The Hall–Kier alpha value is -1.34. The number of nitriles is 1. The topological polar surface area (TPSA) is 52.9 Å². The highest BCUT2D eigenvalue weighted by atomic mass is 79.9. The molecule has 1 saturated carbocycles. The van der Waals surface area contributed by atoms with Gasteiger partial charge in [0.15, 0.2) is 0 Å². The lowest BCUT2D eigenvalue weighted by Crippen LogP contribution is -2.49. The molecular formula is C16H19BrN2O. The van der Waals surface area contributed by atoms with Gasteiger partial charge in [0.05, 0.1) is 11.6 Å². The zero-order valence-corrected chi connectivity index (χ0v) is 13.2. The summed E-state index contributed by atoms with van der Waals surface area (Å²) in [6.45, 7) is 2.18. The number of benzene rings is 1. The van der Waals surface area contributed by atoms with Crippen LogP contribution in [0.25, 0.3) is 0 Å². The molecular weight excluding hydrogens is 316 g/mol. The van der Waals surface area contributed by atoms with Gasteiger partial charge in [0.2, 0.25) is 0 Å². The molecule has 0 radical (unpaired) electrons. The summed E-state index contributed by atoms with van der Waals surface area (Å²) < 4.78 is 0.757. The standard InChI is InChI=1S/C16H19BrN2O/c1-2-12-7-9-16(11-18,10-8-12)19-15(20)13-5-3-4-6-14(13)17/h3-6,12H,2,7-10H2,1H3,(H,19,20). The van der Waals surface area contributed by atoms with Crippen LogP contribution in [-0.2, 0) is 0 Å². The van der Waals surface area contributed by atoms with Crippen LogP contribution in [0.4, 0.5) is 0 Å². The van der Waals surface area contributed by atoms with Crippen LogP contribution < -0.4 is 5.32 Å². The highest BCUT2D eigenvalue weighted by Crippen LogP contribution is 2.33. The molecule has 4 heteroatoms. The van der Waals surface area contributed by atoms with Gasteiger partial charge in [-0.3, -0.25) is 4.79 Å². The van der Waals surface area contributed by atoms with Gasteiger partial charge in [-0.05, 0) is 59.7 Å². The summed E-state index contributed by atoms with van der Waals surface area (Å²) in [5.74, 6) is 0.519. The second-order valence-corrected chi connectivity index (χ2v) is 6.33. The largest absolute Gasteiger partial charge is 0.334 e. The zero-order valence-electron chi connectivity index (χ0n) is 11.7. The zero-order chi connectivity index (χ0) is 14.6. The van der Waals surface area contributed by atoms with E-state index in [-0.39, 0.29) is 5.91 Å². The molecule has 0 unspecified atom stereocenters. The number of hydrogen-bond donors (Lipinski definition) is 1. The maximum atomic E-state index is 12.4.